The molecule has 260 valence electrons. The van der Waals surface area contributed by atoms with Gasteiger partial charge in [-0.15, -0.1) is 0 Å². The second-order valence-electron chi connectivity index (χ2n) is 12.6. The maximum absolute atomic E-state index is 13.7. The van der Waals surface area contributed by atoms with Gasteiger partial charge in [-0.05, 0) is 77.0 Å². The Kier molecular flexibility index (Phi) is 11.2. The van der Waals surface area contributed by atoms with Gasteiger partial charge < -0.3 is 14.8 Å². The highest BCUT2D eigenvalue weighted by Gasteiger charge is 2.23. The quantitative estimate of drug-likeness (QED) is 0.0851. The number of nitrogens with one attached hydrogen (secondary N) is 2. The predicted octanol–water partition coefficient (Wildman–Crippen LogP) is 7.50. The number of aryl methyl sites for hydroxylation is 2. The number of esters is 1. The average molecular weight is 760 g/mol. The molecule has 0 spiro atoms. The van der Waals surface area contributed by atoms with Gasteiger partial charge in [0, 0.05) is 18.0 Å². The molecule has 5 rings (SSSR count). The lowest BCUT2D eigenvalue weighted by atomic mass is 9.92. The predicted molar refractivity (Wildman–Crippen MR) is 199 cm³/mol. The number of urea groups is 1. The zero-order chi connectivity index (χ0) is 36.2. The molecular formula is C37H39BrN6O5S. The van der Waals surface area contributed by atoms with E-state index < -0.39 is 11.5 Å². The highest BCUT2D eigenvalue weighted by Crippen LogP contribution is 2.29. The van der Waals surface area contributed by atoms with Crippen LogP contribution in [0.1, 0.15) is 59.1 Å². The van der Waals surface area contributed by atoms with Crippen molar-refractivity contribution in [2.75, 3.05) is 18.7 Å². The Labute approximate surface area is 303 Å². The molecule has 2 amide bonds. The van der Waals surface area contributed by atoms with Crippen LogP contribution in [0.2, 0.25) is 0 Å². The van der Waals surface area contributed by atoms with Gasteiger partial charge in [0.25, 0.3) is 5.56 Å². The number of thioether (sulfide) groups is 1. The number of benzene rings is 3. The molecule has 2 aromatic heterocycles. The number of hydrogen-bond donors (Lipinski definition) is 2. The monoisotopic (exact) mass is 758 g/mol. The highest BCUT2D eigenvalue weighted by molar-refractivity contribution is 9.10. The smallest absolute Gasteiger partial charge is 0.337 e. The van der Waals surface area contributed by atoms with E-state index >= 15 is 0 Å². The van der Waals surface area contributed by atoms with Gasteiger partial charge in [-0.25, -0.2) is 14.3 Å². The number of para-hydroxylation sites is 1. The lowest BCUT2D eigenvalue weighted by Gasteiger charge is -2.17. The first-order valence-corrected chi connectivity index (χ1v) is 17.8. The van der Waals surface area contributed by atoms with Crippen LogP contribution < -0.4 is 20.9 Å². The van der Waals surface area contributed by atoms with Gasteiger partial charge in [0.2, 0.25) is 5.88 Å². The fourth-order valence-electron chi connectivity index (χ4n) is 5.15. The van der Waals surface area contributed by atoms with Crippen molar-refractivity contribution in [2.45, 2.75) is 58.3 Å². The summed E-state index contributed by atoms with van der Waals surface area (Å²) in [5.41, 5.74) is 5.33. The Bertz CT molecular complexity index is 2110. The molecule has 2 N–H and O–H groups in total. The maximum atomic E-state index is 13.7. The summed E-state index contributed by atoms with van der Waals surface area (Å²) in [7, 11) is 1.31. The van der Waals surface area contributed by atoms with Crippen LogP contribution in [0, 0.1) is 13.8 Å². The minimum Gasteiger partial charge on any atom is -0.472 e. The van der Waals surface area contributed by atoms with Crippen molar-refractivity contribution in [3.8, 4) is 17.3 Å². The fourth-order valence-corrected chi connectivity index (χ4v) is 6.07. The molecule has 0 unspecified atom stereocenters. The van der Waals surface area contributed by atoms with Crippen molar-refractivity contribution in [1.82, 2.24) is 24.6 Å². The molecule has 0 saturated heterocycles. The maximum Gasteiger partial charge on any atom is 0.337 e. The summed E-state index contributed by atoms with van der Waals surface area (Å²) in [5, 5.41) is 11.1. The first-order chi connectivity index (χ1) is 23.8. The molecule has 11 nitrogen and oxygen atoms in total. The first-order valence-electron chi connectivity index (χ1n) is 15.8. The van der Waals surface area contributed by atoms with E-state index in [9.17, 15) is 14.4 Å². The molecule has 13 heteroatoms. The van der Waals surface area contributed by atoms with Crippen molar-refractivity contribution >= 4 is 45.5 Å². The Morgan fingerprint density at radius 1 is 0.980 bits per heavy atom. The molecule has 50 heavy (non-hydrogen) atoms. The second kappa shape index (κ2) is 15.3. The summed E-state index contributed by atoms with van der Waals surface area (Å²) in [6.07, 6.45) is 1.81. The van der Waals surface area contributed by atoms with E-state index in [1.54, 1.807) is 29.1 Å². The molecule has 0 radical (unpaired) electrons. The van der Waals surface area contributed by atoms with E-state index in [1.807, 2.05) is 68.4 Å². The Balaban J connectivity index is 1.35. The normalized spacial score (nSPS) is 11.3. The number of aromatic nitrogens is 4. The zero-order valence-electron chi connectivity index (χ0n) is 29.0. The van der Waals surface area contributed by atoms with Crippen LogP contribution in [0.3, 0.4) is 0 Å². The number of anilines is 1. The Hall–Kier alpha value is -4.88. The lowest BCUT2D eigenvalue weighted by Crippen LogP contribution is -2.29. The van der Waals surface area contributed by atoms with Gasteiger partial charge in [0.05, 0.1) is 29.7 Å². The van der Waals surface area contributed by atoms with E-state index in [0.29, 0.717) is 22.2 Å². The van der Waals surface area contributed by atoms with E-state index in [4.69, 9.17) is 14.6 Å². The summed E-state index contributed by atoms with van der Waals surface area (Å²) in [5.74, 6) is 0.165. The number of nitrogens with zero attached hydrogens (tertiary/aromatic N) is 4. The van der Waals surface area contributed by atoms with Crippen LogP contribution in [0.4, 0.5) is 10.6 Å². The summed E-state index contributed by atoms with van der Waals surface area (Å²) in [6, 6.07) is 22.0. The molecule has 5 aromatic rings. The molecule has 0 saturated carbocycles. The molecule has 0 aliphatic heterocycles. The average Bonchev–Trinajstić information content (AvgIpc) is 3.53. The number of carbonyl (C=O) groups excluding carboxylic acids is 2. The second-order valence-corrected chi connectivity index (χ2v) is 14.2. The molecular weight excluding hydrogens is 720 g/mol. The number of hydrogen-bond acceptors (Lipinski definition) is 8. The van der Waals surface area contributed by atoms with Crippen molar-refractivity contribution in [2.24, 2.45) is 0 Å². The van der Waals surface area contributed by atoms with Crippen LogP contribution in [0.25, 0.3) is 11.4 Å². The van der Waals surface area contributed by atoms with E-state index in [1.165, 1.54) is 23.4 Å². The van der Waals surface area contributed by atoms with Crippen LogP contribution in [0.5, 0.6) is 5.88 Å². The van der Waals surface area contributed by atoms with Gasteiger partial charge in [-0.3, -0.25) is 14.7 Å². The number of methoxy groups -OCH3 is 1. The largest absolute Gasteiger partial charge is 0.472 e. The van der Waals surface area contributed by atoms with Gasteiger partial charge in [0.1, 0.15) is 16.9 Å². The minimum absolute atomic E-state index is 0.0916. The third kappa shape index (κ3) is 8.11. The molecule has 0 aliphatic rings. The van der Waals surface area contributed by atoms with Crippen molar-refractivity contribution in [3.63, 3.8) is 0 Å². The van der Waals surface area contributed by atoms with Crippen molar-refractivity contribution < 1.29 is 19.1 Å². The van der Waals surface area contributed by atoms with Crippen molar-refractivity contribution in [1.29, 1.82) is 0 Å². The molecule has 0 bridgehead atoms. The summed E-state index contributed by atoms with van der Waals surface area (Å²) < 4.78 is 14.3. The highest BCUT2D eigenvalue weighted by atomic mass is 79.9. The summed E-state index contributed by atoms with van der Waals surface area (Å²) in [6.45, 7) is 10.4. The number of amides is 2. The summed E-state index contributed by atoms with van der Waals surface area (Å²) >= 11 is 4.68. The van der Waals surface area contributed by atoms with Gasteiger partial charge >= 0.3 is 12.0 Å². The van der Waals surface area contributed by atoms with Crippen molar-refractivity contribution in [3.05, 3.63) is 121 Å². The Morgan fingerprint density at radius 2 is 1.72 bits per heavy atom. The van der Waals surface area contributed by atoms with Gasteiger partial charge in [-0.1, -0.05) is 80.6 Å². The van der Waals surface area contributed by atoms with Gasteiger partial charge in [0.15, 0.2) is 5.16 Å². The number of carbonyl (C=O) groups is 2. The lowest BCUT2D eigenvalue weighted by molar-refractivity contribution is 0.0600. The number of rotatable bonds is 10. The minimum atomic E-state index is -0.508. The van der Waals surface area contributed by atoms with Crippen LogP contribution in [-0.4, -0.2) is 44.7 Å². The molecule has 2 heterocycles. The Morgan fingerprint density at radius 3 is 2.40 bits per heavy atom. The topological polar surface area (TPSA) is 129 Å². The van der Waals surface area contributed by atoms with E-state index in [0.717, 1.165) is 33.6 Å². The van der Waals surface area contributed by atoms with E-state index in [-0.39, 0.29) is 35.0 Å². The SMILES string of the molecule is COC(=O)c1ccc(C)c(-n2c(SC)nc(OCc3ccc(C)cc3CNC(=O)Nc3cc(C(C)(C)C)nn3-c3ccccc3)c(Br)c2=O)c1. The molecule has 3 aromatic carbocycles. The number of ether oxygens (including phenoxy) is 2. The standard InChI is InChI=1S/C37H39BrN6O5S/c1-22-13-15-25(21-49-32-31(38)33(45)43(36(41-32)50-7)28-18-24(34(46)48-6)16-14-23(28)2)26(17-22)20-39-35(47)40-30-19-29(37(3,4)5)42-44(30)27-11-9-8-10-12-27/h8-19H,20-21H2,1-7H3,(H2,39,40,47). The molecule has 0 fully saturated rings. The molecule has 0 aliphatic carbocycles. The fraction of sp³-hybridized carbons (Fsp3) is 0.270. The first kappa shape index (κ1) is 36.4. The third-order valence-corrected chi connectivity index (χ3v) is 9.22. The van der Waals surface area contributed by atoms with Crippen LogP contribution in [0.15, 0.2) is 87.2 Å². The van der Waals surface area contributed by atoms with E-state index in [2.05, 4.69) is 52.3 Å². The number of halogens is 1. The van der Waals surface area contributed by atoms with Crippen LogP contribution in [-0.2, 0) is 23.3 Å². The molecule has 0 atom stereocenters. The van der Waals surface area contributed by atoms with Crippen LogP contribution >= 0.6 is 27.7 Å². The summed E-state index contributed by atoms with van der Waals surface area (Å²) in [4.78, 5) is 43.8. The van der Waals surface area contributed by atoms with Gasteiger partial charge in [-0.2, -0.15) is 10.1 Å². The third-order valence-electron chi connectivity index (χ3n) is 7.91. The zero-order valence-corrected chi connectivity index (χ0v) is 31.4.